The Morgan fingerprint density at radius 2 is 1.72 bits per heavy atom. The highest BCUT2D eigenvalue weighted by Gasteiger charge is 2.39. The summed E-state index contributed by atoms with van der Waals surface area (Å²) in [5.74, 6) is -0.715. The molecule has 3 aromatic rings. The standard InChI is InChI=1S/C28H25NO3/c1-18-25(28(31)32-17-19-9-3-2-4-10-19)26(27-23(29-18)15-8-16-24(27)30)22-14-7-12-20-11-5-6-13-21(20)22/h2-7,9-14,26,29H,8,15-17H2,1H3/t26-/m1/s1. The van der Waals surface area contributed by atoms with Crippen molar-refractivity contribution in [2.45, 2.75) is 38.7 Å². The van der Waals surface area contributed by atoms with Crippen LogP contribution in [-0.4, -0.2) is 11.8 Å². The van der Waals surface area contributed by atoms with Crippen molar-refractivity contribution in [2.75, 3.05) is 0 Å². The number of dihydropyridines is 1. The molecule has 0 radical (unpaired) electrons. The second-order valence-electron chi connectivity index (χ2n) is 8.40. The summed E-state index contributed by atoms with van der Waals surface area (Å²) in [6, 6.07) is 23.8. The van der Waals surface area contributed by atoms with Crippen molar-refractivity contribution in [3.63, 3.8) is 0 Å². The number of hydrogen-bond donors (Lipinski definition) is 1. The Labute approximate surface area is 187 Å². The molecule has 3 aromatic carbocycles. The van der Waals surface area contributed by atoms with Gasteiger partial charge in [0.05, 0.1) is 5.57 Å². The fourth-order valence-electron chi connectivity index (χ4n) is 4.87. The molecule has 0 aromatic heterocycles. The number of allylic oxidation sites excluding steroid dienone is 3. The lowest BCUT2D eigenvalue weighted by Crippen LogP contribution is -2.34. The van der Waals surface area contributed by atoms with Crippen molar-refractivity contribution in [1.29, 1.82) is 0 Å². The minimum absolute atomic E-state index is 0.109. The van der Waals surface area contributed by atoms with E-state index in [9.17, 15) is 9.59 Å². The molecule has 1 heterocycles. The van der Waals surface area contributed by atoms with E-state index < -0.39 is 5.92 Å². The zero-order valence-electron chi connectivity index (χ0n) is 18.1. The monoisotopic (exact) mass is 423 g/mol. The van der Waals surface area contributed by atoms with Crippen LogP contribution < -0.4 is 5.32 Å². The lowest BCUT2D eigenvalue weighted by Gasteiger charge is -2.34. The molecule has 0 fully saturated rings. The zero-order valence-corrected chi connectivity index (χ0v) is 18.1. The van der Waals surface area contributed by atoms with Crippen LogP contribution in [0.4, 0.5) is 0 Å². The topological polar surface area (TPSA) is 55.4 Å². The number of esters is 1. The normalized spacial score (nSPS) is 18.4. The summed E-state index contributed by atoms with van der Waals surface area (Å²) in [7, 11) is 0. The number of nitrogens with one attached hydrogen (secondary N) is 1. The molecule has 2 aliphatic rings. The first kappa shape index (κ1) is 20.3. The van der Waals surface area contributed by atoms with Crippen LogP contribution >= 0.6 is 0 Å². The molecule has 0 saturated heterocycles. The molecule has 0 amide bonds. The number of ketones is 1. The van der Waals surface area contributed by atoms with Gasteiger partial charge in [-0.1, -0.05) is 72.8 Å². The fraction of sp³-hybridized carbons (Fsp3) is 0.214. The molecule has 5 rings (SSSR count). The molecule has 0 unspecified atom stereocenters. The summed E-state index contributed by atoms with van der Waals surface area (Å²) in [6.07, 6.45) is 2.15. The van der Waals surface area contributed by atoms with E-state index in [2.05, 4.69) is 23.5 Å². The van der Waals surface area contributed by atoms with Crippen molar-refractivity contribution in [3.05, 3.63) is 106 Å². The van der Waals surface area contributed by atoms with Crippen molar-refractivity contribution in [3.8, 4) is 0 Å². The minimum atomic E-state index is -0.437. The quantitative estimate of drug-likeness (QED) is 0.559. The van der Waals surface area contributed by atoms with Crippen LogP contribution in [0.5, 0.6) is 0 Å². The van der Waals surface area contributed by atoms with Gasteiger partial charge in [0, 0.05) is 29.3 Å². The van der Waals surface area contributed by atoms with Crippen LogP contribution in [0.15, 0.2) is 95.3 Å². The number of carbonyl (C=O) groups excluding carboxylic acids is 2. The first-order valence-corrected chi connectivity index (χ1v) is 11.1. The van der Waals surface area contributed by atoms with Crippen LogP contribution in [0, 0.1) is 0 Å². The smallest absolute Gasteiger partial charge is 0.337 e. The number of rotatable bonds is 4. The van der Waals surface area contributed by atoms with E-state index >= 15 is 0 Å². The molecule has 0 bridgehead atoms. The van der Waals surface area contributed by atoms with E-state index in [4.69, 9.17) is 4.74 Å². The van der Waals surface area contributed by atoms with Gasteiger partial charge in [0.15, 0.2) is 5.78 Å². The maximum Gasteiger partial charge on any atom is 0.337 e. The van der Waals surface area contributed by atoms with Crippen molar-refractivity contribution in [1.82, 2.24) is 5.32 Å². The van der Waals surface area contributed by atoms with Gasteiger partial charge in [0.2, 0.25) is 0 Å². The predicted octanol–water partition coefficient (Wildman–Crippen LogP) is 5.55. The van der Waals surface area contributed by atoms with Crippen molar-refractivity contribution in [2.24, 2.45) is 0 Å². The van der Waals surface area contributed by atoms with E-state index in [0.29, 0.717) is 17.6 Å². The average Bonchev–Trinajstić information content (AvgIpc) is 2.82. The van der Waals surface area contributed by atoms with Gasteiger partial charge < -0.3 is 10.1 Å². The van der Waals surface area contributed by atoms with Gasteiger partial charge in [-0.2, -0.15) is 0 Å². The Hall–Kier alpha value is -3.66. The molecule has 4 heteroatoms. The maximum absolute atomic E-state index is 13.4. The largest absolute Gasteiger partial charge is 0.457 e. The SMILES string of the molecule is CC1=C(C(=O)OCc2ccccc2)[C@@H](c2cccc3ccccc23)C2=C(CCCC2=O)N1. The molecule has 0 spiro atoms. The number of Topliss-reactive ketones (excluding diaryl/α,β-unsaturated/α-hetero) is 1. The summed E-state index contributed by atoms with van der Waals surface area (Å²) in [6.45, 7) is 2.10. The Balaban J connectivity index is 1.61. The number of fused-ring (bicyclic) bond motifs is 1. The van der Waals surface area contributed by atoms with Crippen molar-refractivity contribution >= 4 is 22.5 Å². The Morgan fingerprint density at radius 1 is 0.969 bits per heavy atom. The highest BCUT2D eigenvalue weighted by Crippen LogP contribution is 2.44. The highest BCUT2D eigenvalue weighted by atomic mass is 16.5. The van der Waals surface area contributed by atoms with Gasteiger partial charge in [-0.15, -0.1) is 0 Å². The lowest BCUT2D eigenvalue weighted by atomic mass is 9.74. The van der Waals surface area contributed by atoms with Gasteiger partial charge in [-0.05, 0) is 41.7 Å². The molecule has 1 aliphatic heterocycles. The van der Waals surface area contributed by atoms with Gasteiger partial charge in [0.25, 0.3) is 0 Å². The summed E-state index contributed by atoms with van der Waals surface area (Å²) < 4.78 is 5.75. The Morgan fingerprint density at radius 3 is 2.56 bits per heavy atom. The Bertz CT molecular complexity index is 1260. The van der Waals surface area contributed by atoms with Crippen LogP contribution in [0.3, 0.4) is 0 Å². The molecular formula is C28H25NO3. The van der Waals surface area contributed by atoms with Crippen molar-refractivity contribution < 1.29 is 14.3 Å². The summed E-state index contributed by atoms with van der Waals surface area (Å²) in [5, 5.41) is 5.50. The zero-order chi connectivity index (χ0) is 22.1. The van der Waals surface area contributed by atoms with Crippen LogP contribution in [-0.2, 0) is 20.9 Å². The van der Waals surface area contributed by atoms with E-state index in [1.807, 2.05) is 61.5 Å². The van der Waals surface area contributed by atoms with Crippen LogP contribution in [0.1, 0.15) is 43.2 Å². The molecule has 160 valence electrons. The summed E-state index contributed by atoms with van der Waals surface area (Å²) >= 11 is 0. The van der Waals surface area contributed by atoms with Crippen LogP contribution in [0.25, 0.3) is 10.8 Å². The summed E-state index contributed by atoms with van der Waals surface area (Å²) in [4.78, 5) is 26.6. The van der Waals surface area contributed by atoms with E-state index in [1.165, 1.54) is 0 Å². The van der Waals surface area contributed by atoms with Crippen LogP contribution in [0.2, 0.25) is 0 Å². The summed E-state index contributed by atoms with van der Waals surface area (Å²) in [5.41, 5.74) is 4.83. The molecule has 0 saturated carbocycles. The van der Waals surface area contributed by atoms with Gasteiger partial charge in [-0.25, -0.2) is 4.79 Å². The number of carbonyl (C=O) groups is 2. The maximum atomic E-state index is 13.4. The van der Waals surface area contributed by atoms with E-state index in [1.54, 1.807) is 0 Å². The second-order valence-corrected chi connectivity index (χ2v) is 8.40. The molecule has 32 heavy (non-hydrogen) atoms. The predicted molar refractivity (Wildman–Crippen MR) is 125 cm³/mol. The number of benzene rings is 3. The highest BCUT2D eigenvalue weighted by molar-refractivity contribution is 6.05. The van der Waals surface area contributed by atoms with E-state index in [-0.39, 0.29) is 18.4 Å². The van der Waals surface area contributed by atoms with Gasteiger partial charge in [0.1, 0.15) is 6.61 Å². The molecule has 1 N–H and O–H groups in total. The molecular weight excluding hydrogens is 398 g/mol. The molecule has 1 aliphatic carbocycles. The third-order valence-corrected chi connectivity index (χ3v) is 6.34. The first-order chi connectivity index (χ1) is 15.6. The number of ether oxygens (including phenoxy) is 1. The third-order valence-electron chi connectivity index (χ3n) is 6.34. The second kappa shape index (κ2) is 8.46. The van der Waals surface area contributed by atoms with Gasteiger partial charge >= 0.3 is 5.97 Å². The van der Waals surface area contributed by atoms with Gasteiger partial charge in [-0.3, -0.25) is 4.79 Å². The average molecular weight is 424 g/mol. The lowest BCUT2D eigenvalue weighted by molar-refractivity contribution is -0.140. The fourth-order valence-corrected chi connectivity index (χ4v) is 4.87. The number of hydrogen-bond acceptors (Lipinski definition) is 4. The molecule has 1 atom stereocenters. The minimum Gasteiger partial charge on any atom is -0.457 e. The third kappa shape index (κ3) is 3.62. The molecule has 4 nitrogen and oxygen atoms in total. The Kier molecular flexibility index (Phi) is 5.36. The first-order valence-electron chi connectivity index (χ1n) is 11.1. The van der Waals surface area contributed by atoms with E-state index in [0.717, 1.165) is 46.1 Å².